The van der Waals surface area contributed by atoms with Crippen LogP contribution in [0.4, 0.5) is 0 Å². The second-order valence-electron chi connectivity index (χ2n) is 6.34. The summed E-state index contributed by atoms with van der Waals surface area (Å²) in [5.74, 6) is 0.500. The minimum absolute atomic E-state index is 0.135. The highest BCUT2D eigenvalue weighted by Gasteiger charge is 2.29. The van der Waals surface area contributed by atoms with E-state index in [0.29, 0.717) is 11.5 Å². The van der Waals surface area contributed by atoms with Crippen molar-refractivity contribution in [3.05, 3.63) is 35.9 Å². The molecule has 1 saturated carbocycles. The summed E-state index contributed by atoms with van der Waals surface area (Å²) in [6.45, 7) is 6.77. The topological polar surface area (TPSA) is 41.5 Å². The molecule has 0 bridgehead atoms. The second-order valence-corrected chi connectivity index (χ2v) is 6.34. The molecule has 0 aliphatic heterocycles. The van der Waals surface area contributed by atoms with Crippen LogP contribution in [0.15, 0.2) is 35.4 Å². The molecule has 0 saturated heterocycles. The molecule has 1 N–H and O–H groups in total. The smallest absolute Gasteiger partial charge is 0.267 e. The number of hydrogen-bond donors (Lipinski definition) is 1. The molecule has 1 atom stereocenters. The summed E-state index contributed by atoms with van der Waals surface area (Å²) in [5, 5.41) is 4.32. The van der Waals surface area contributed by atoms with E-state index >= 15 is 0 Å². The summed E-state index contributed by atoms with van der Waals surface area (Å²) >= 11 is 0. The Morgan fingerprint density at radius 2 is 2.00 bits per heavy atom. The van der Waals surface area contributed by atoms with E-state index in [1.807, 2.05) is 18.2 Å². The fraction of sp³-hybridized carbons (Fsp3) is 0.500. The van der Waals surface area contributed by atoms with Crippen molar-refractivity contribution in [1.82, 2.24) is 5.43 Å². The lowest BCUT2D eigenvalue weighted by Gasteiger charge is -2.34. The zero-order chi connectivity index (χ0) is 13.9. The van der Waals surface area contributed by atoms with Crippen LogP contribution in [0, 0.1) is 11.3 Å². The highest BCUT2D eigenvalue weighted by Crippen LogP contribution is 2.36. The number of carbonyl (C=O) groups excluding carboxylic acids is 1. The van der Waals surface area contributed by atoms with Crippen LogP contribution in [-0.2, 0) is 0 Å². The van der Waals surface area contributed by atoms with E-state index < -0.39 is 0 Å². The molecule has 0 unspecified atom stereocenters. The average molecular weight is 258 g/mol. The SMILES string of the molecule is C[C@@H]1C/C(=N/NC(=O)c2ccccc2)CC(C)(C)C1. The highest BCUT2D eigenvalue weighted by atomic mass is 16.2. The van der Waals surface area contributed by atoms with Crippen LogP contribution in [0.3, 0.4) is 0 Å². The molecule has 102 valence electrons. The lowest BCUT2D eigenvalue weighted by molar-refractivity contribution is 0.0954. The molecule has 1 aromatic carbocycles. The van der Waals surface area contributed by atoms with Crippen LogP contribution < -0.4 is 5.43 Å². The predicted molar refractivity (Wildman–Crippen MR) is 78.1 cm³/mol. The summed E-state index contributed by atoms with van der Waals surface area (Å²) in [4.78, 5) is 11.9. The van der Waals surface area contributed by atoms with E-state index in [0.717, 1.165) is 18.6 Å². The lowest BCUT2D eigenvalue weighted by atomic mass is 9.72. The molecule has 1 aliphatic carbocycles. The van der Waals surface area contributed by atoms with Crippen molar-refractivity contribution < 1.29 is 4.79 Å². The first kappa shape index (κ1) is 13.8. The van der Waals surface area contributed by atoms with E-state index in [1.165, 1.54) is 6.42 Å². The highest BCUT2D eigenvalue weighted by molar-refractivity contribution is 5.95. The first-order valence-corrected chi connectivity index (χ1v) is 6.87. The molecule has 0 radical (unpaired) electrons. The summed E-state index contributed by atoms with van der Waals surface area (Å²) in [5.41, 5.74) is 4.71. The number of hydrazone groups is 1. The predicted octanol–water partition coefficient (Wildman–Crippen LogP) is 3.62. The number of nitrogens with zero attached hydrogens (tertiary/aromatic N) is 1. The summed E-state index contributed by atoms with van der Waals surface area (Å²) < 4.78 is 0. The Labute approximate surface area is 115 Å². The maximum atomic E-state index is 11.9. The summed E-state index contributed by atoms with van der Waals surface area (Å²) in [6, 6.07) is 9.20. The van der Waals surface area contributed by atoms with Crippen molar-refractivity contribution in [2.45, 2.75) is 40.0 Å². The Balaban J connectivity index is 2.01. The molecule has 0 aromatic heterocycles. The average Bonchev–Trinajstić information content (AvgIpc) is 2.34. The largest absolute Gasteiger partial charge is 0.271 e. The van der Waals surface area contributed by atoms with Crippen LogP contribution in [-0.4, -0.2) is 11.6 Å². The number of carbonyl (C=O) groups is 1. The maximum absolute atomic E-state index is 11.9. The van der Waals surface area contributed by atoms with Gasteiger partial charge in [0, 0.05) is 11.3 Å². The Morgan fingerprint density at radius 3 is 2.63 bits per heavy atom. The third-order valence-electron chi connectivity index (χ3n) is 3.52. The van der Waals surface area contributed by atoms with Gasteiger partial charge in [-0.05, 0) is 42.7 Å². The molecule has 1 aromatic rings. The number of amides is 1. The molecular weight excluding hydrogens is 236 g/mol. The van der Waals surface area contributed by atoms with E-state index in [-0.39, 0.29) is 11.3 Å². The lowest BCUT2D eigenvalue weighted by Crippen LogP contribution is -2.30. The zero-order valence-corrected chi connectivity index (χ0v) is 11.9. The van der Waals surface area contributed by atoms with Crippen LogP contribution >= 0.6 is 0 Å². The Kier molecular flexibility index (Phi) is 4.03. The standard InChI is InChI=1S/C16H22N2O/c1-12-9-14(11-16(2,3)10-12)17-18-15(19)13-7-5-4-6-8-13/h4-8,12H,9-11H2,1-3H3,(H,18,19)/b17-14-/t12-/m1/s1. The molecule has 1 fully saturated rings. The molecule has 1 aliphatic rings. The molecule has 2 rings (SSSR count). The number of rotatable bonds is 2. The van der Waals surface area contributed by atoms with Gasteiger partial charge >= 0.3 is 0 Å². The van der Waals surface area contributed by atoms with E-state index in [4.69, 9.17) is 0 Å². The third kappa shape index (κ3) is 3.91. The molecule has 0 spiro atoms. The van der Waals surface area contributed by atoms with Crippen LogP contribution in [0.25, 0.3) is 0 Å². The summed E-state index contributed by atoms with van der Waals surface area (Å²) in [7, 11) is 0. The monoisotopic (exact) mass is 258 g/mol. The van der Waals surface area contributed by atoms with E-state index in [1.54, 1.807) is 12.1 Å². The quantitative estimate of drug-likeness (QED) is 0.809. The van der Waals surface area contributed by atoms with Gasteiger partial charge in [-0.2, -0.15) is 5.10 Å². The normalized spacial score (nSPS) is 24.2. The Bertz CT molecular complexity index is 477. The zero-order valence-electron chi connectivity index (χ0n) is 11.9. The molecule has 3 nitrogen and oxygen atoms in total. The van der Waals surface area contributed by atoms with Gasteiger partial charge in [0.05, 0.1) is 0 Å². The Hall–Kier alpha value is -1.64. The number of nitrogens with one attached hydrogen (secondary N) is 1. The minimum atomic E-state index is -0.135. The van der Waals surface area contributed by atoms with E-state index in [2.05, 4.69) is 31.3 Å². The van der Waals surface area contributed by atoms with Gasteiger partial charge in [-0.25, -0.2) is 5.43 Å². The minimum Gasteiger partial charge on any atom is -0.267 e. The van der Waals surface area contributed by atoms with Gasteiger partial charge in [0.2, 0.25) is 0 Å². The molecule has 19 heavy (non-hydrogen) atoms. The van der Waals surface area contributed by atoms with Gasteiger partial charge < -0.3 is 0 Å². The Morgan fingerprint density at radius 1 is 1.32 bits per heavy atom. The van der Waals surface area contributed by atoms with Crippen molar-refractivity contribution in [2.24, 2.45) is 16.4 Å². The van der Waals surface area contributed by atoms with Crippen molar-refractivity contribution in [3.8, 4) is 0 Å². The van der Waals surface area contributed by atoms with Gasteiger partial charge in [0.1, 0.15) is 0 Å². The van der Waals surface area contributed by atoms with Gasteiger partial charge in [-0.1, -0.05) is 39.0 Å². The van der Waals surface area contributed by atoms with Crippen molar-refractivity contribution in [3.63, 3.8) is 0 Å². The van der Waals surface area contributed by atoms with Gasteiger partial charge in [-0.15, -0.1) is 0 Å². The molecular formula is C16H22N2O. The van der Waals surface area contributed by atoms with Gasteiger partial charge in [0.25, 0.3) is 5.91 Å². The van der Waals surface area contributed by atoms with Crippen molar-refractivity contribution >= 4 is 11.6 Å². The maximum Gasteiger partial charge on any atom is 0.271 e. The van der Waals surface area contributed by atoms with Crippen LogP contribution in [0.5, 0.6) is 0 Å². The number of benzene rings is 1. The fourth-order valence-corrected chi connectivity index (χ4v) is 2.98. The van der Waals surface area contributed by atoms with Crippen LogP contribution in [0.2, 0.25) is 0 Å². The van der Waals surface area contributed by atoms with E-state index in [9.17, 15) is 4.79 Å². The summed E-state index contributed by atoms with van der Waals surface area (Å²) in [6.07, 6.45) is 3.17. The van der Waals surface area contributed by atoms with Gasteiger partial charge in [0.15, 0.2) is 0 Å². The molecule has 0 heterocycles. The second kappa shape index (κ2) is 5.55. The van der Waals surface area contributed by atoms with Crippen molar-refractivity contribution in [1.29, 1.82) is 0 Å². The molecule has 3 heteroatoms. The fourth-order valence-electron chi connectivity index (χ4n) is 2.98. The third-order valence-corrected chi connectivity index (χ3v) is 3.52. The first-order chi connectivity index (χ1) is 8.96. The molecule has 1 amide bonds. The van der Waals surface area contributed by atoms with Gasteiger partial charge in [-0.3, -0.25) is 4.79 Å². The van der Waals surface area contributed by atoms with Crippen molar-refractivity contribution in [2.75, 3.05) is 0 Å². The number of hydrogen-bond acceptors (Lipinski definition) is 2. The van der Waals surface area contributed by atoms with Crippen LogP contribution in [0.1, 0.15) is 50.4 Å². The first-order valence-electron chi connectivity index (χ1n) is 6.87.